The summed E-state index contributed by atoms with van der Waals surface area (Å²) in [5.74, 6) is -0.742. The molecule has 4 nitrogen and oxygen atoms in total. The summed E-state index contributed by atoms with van der Waals surface area (Å²) in [5, 5.41) is 0. The largest absolute Gasteiger partial charge is 0.325 e. The molecule has 24 heavy (non-hydrogen) atoms. The lowest BCUT2D eigenvalue weighted by molar-refractivity contribution is -0.124. The molecular formula is C19H19FN2O2. The van der Waals surface area contributed by atoms with E-state index in [-0.39, 0.29) is 17.6 Å². The molecule has 0 spiro atoms. The van der Waals surface area contributed by atoms with Crippen molar-refractivity contribution in [1.29, 1.82) is 0 Å². The minimum atomic E-state index is -0.587. The number of aryl methyl sites for hydroxylation is 1. The maximum atomic E-state index is 13.4. The van der Waals surface area contributed by atoms with Gasteiger partial charge in [-0.1, -0.05) is 23.8 Å². The second kappa shape index (κ2) is 6.43. The first-order chi connectivity index (χ1) is 11.5. The Kier molecular flexibility index (Phi) is 4.34. The minimum Gasteiger partial charge on any atom is -0.325 e. The fourth-order valence-electron chi connectivity index (χ4n) is 2.91. The second-order valence-corrected chi connectivity index (χ2v) is 6.01. The highest BCUT2D eigenvalue weighted by Gasteiger charge is 2.35. The van der Waals surface area contributed by atoms with E-state index >= 15 is 0 Å². The van der Waals surface area contributed by atoms with E-state index in [0.29, 0.717) is 24.3 Å². The maximum Gasteiger partial charge on any atom is 0.254 e. The summed E-state index contributed by atoms with van der Waals surface area (Å²) in [6, 6.07) is 12.7. The average Bonchev–Trinajstić information content (AvgIpc) is 2.57. The summed E-state index contributed by atoms with van der Waals surface area (Å²) in [6.45, 7) is 4.43. The molecule has 0 N–H and O–H groups in total. The highest BCUT2D eigenvalue weighted by Crippen LogP contribution is 2.22. The number of anilines is 1. The number of hydrogen-bond acceptors (Lipinski definition) is 2. The van der Waals surface area contributed by atoms with Gasteiger partial charge in [0.05, 0.1) is 0 Å². The van der Waals surface area contributed by atoms with Crippen molar-refractivity contribution in [2.45, 2.75) is 19.9 Å². The van der Waals surface area contributed by atoms with Gasteiger partial charge in [0.25, 0.3) is 5.91 Å². The molecule has 1 saturated heterocycles. The molecule has 2 aromatic carbocycles. The normalized spacial score (nSPS) is 18.0. The van der Waals surface area contributed by atoms with Crippen LogP contribution >= 0.6 is 0 Å². The number of amides is 2. The van der Waals surface area contributed by atoms with E-state index in [1.165, 1.54) is 17.0 Å². The third-order valence-electron chi connectivity index (χ3n) is 4.33. The maximum absolute atomic E-state index is 13.4. The standard InChI is InChI=1S/C19H19FN2O2/c1-13-6-8-15(9-7-13)19(24)21-10-11-22(18(23)14(21)2)17-5-3-4-16(20)12-17/h3-9,12,14H,10-11H2,1-2H3/t14-/m1/s1. The van der Waals surface area contributed by atoms with Crippen LogP contribution in [-0.2, 0) is 4.79 Å². The van der Waals surface area contributed by atoms with Crippen molar-refractivity contribution in [3.63, 3.8) is 0 Å². The SMILES string of the molecule is Cc1ccc(C(=O)N2CCN(c3cccc(F)c3)C(=O)[C@H]2C)cc1. The Labute approximate surface area is 140 Å². The van der Waals surface area contributed by atoms with Gasteiger partial charge in [-0.15, -0.1) is 0 Å². The smallest absolute Gasteiger partial charge is 0.254 e. The van der Waals surface area contributed by atoms with Gasteiger partial charge < -0.3 is 9.80 Å². The fourth-order valence-corrected chi connectivity index (χ4v) is 2.91. The zero-order valence-corrected chi connectivity index (χ0v) is 13.7. The third-order valence-corrected chi connectivity index (χ3v) is 4.33. The Balaban J connectivity index is 1.79. The summed E-state index contributed by atoms with van der Waals surface area (Å²) in [5.41, 5.74) is 2.17. The van der Waals surface area contributed by atoms with Crippen molar-refractivity contribution in [1.82, 2.24) is 4.90 Å². The van der Waals surface area contributed by atoms with Gasteiger partial charge in [0.1, 0.15) is 11.9 Å². The number of benzene rings is 2. The van der Waals surface area contributed by atoms with E-state index in [1.54, 1.807) is 36.1 Å². The summed E-state index contributed by atoms with van der Waals surface area (Å²) < 4.78 is 13.4. The number of nitrogens with zero attached hydrogens (tertiary/aromatic N) is 2. The summed E-state index contributed by atoms with van der Waals surface area (Å²) >= 11 is 0. The van der Waals surface area contributed by atoms with E-state index in [2.05, 4.69) is 0 Å². The number of piperazine rings is 1. The van der Waals surface area contributed by atoms with Gasteiger partial charge in [0.2, 0.25) is 5.91 Å². The predicted octanol–water partition coefficient (Wildman–Crippen LogP) is 3.01. The van der Waals surface area contributed by atoms with E-state index in [9.17, 15) is 14.0 Å². The van der Waals surface area contributed by atoms with Crippen LogP contribution in [-0.4, -0.2) is 35.8 Å². The van der Waals surface area contributed by atoms with E-state index in [0.717, 1.165) is 5.56 Å². The summed E-state index contributed by atoms with van der Waals surface area (Å²) in [7, 11) is 0. The average molecular weight is 326 g/mol. The Morgan fingerprint density at radius 2 is 1.83 bits per heavy atom. The van der Waals surface area contributed by atoms with Crippen LogP contribution in [0, 0.1) is 12.7 Å². The Hall–Kier alpha value is -2.69. The monoisotopic (exact) mass is 326 g/mol. The Bertz CT molecular complexity index is 773. The van der Waals surface area contributed by atoms with Crippen LogP contribution in [0.15, 0.2) is 48.5 Å². The van der Waals surface area contributed by atoms with Crippen molar-refractivity contribution in [3.8, 4) is 0 Å². The van der Waals surface area contributed by atoms with Crippen LogP contribution in [0.25, 0.3) is 0 Å². The van der Waals surface area contributed by atoms with Crippen LogP contribution in [0.1, 0.15) is 22.8 Å². The lowest BCUT2D eigenvalue weighted by atomic mass is 10.1. The van der Waals surface area contributed by atoms with Gasteiger partial charge in [0.15, 0.2) is 0 Å². The quantitative estimate of drug-likeness (QED) is 0.851. The zero-order chi connectivity index (χ0) is 17.3. The van der Waals surface area contributed by atoms with E-state index in [1.807, 2.05) is 19.1 Å². The lowest BCUT2D eigenvalue weighted by Gasteiger charge is -2.39. The van der Waals surface area contributed by atoms with Gasteiger partial charge in [0, 0.05) is 24.3 Å². The van der Waals surface area contributed by atoms with Gasteiger partial charge >= 0.3 is 0 Å². The number of carbonyl (C=O) groups excluding carboxylic acids is 2. The third kappa shape index (κ3) is 3.02. The molecule has 0 bridgehead atoms. The fraction of sp³-hybridized carbons (Fsp3) is 0.263. The van der Waals surface area contributed by atoms with Crippen molar-refractivity contribution < 1.29 is 14.0 Å². The van der Waals surface area contributed by atoms with Crippen LogP contribution < -0.4 is 4.90 Å². The lowest BCUT2D eigenvalue weighted by Crippen LogP contribution is -2.57. The molecule has 0 unspecified atom stereocenters. The topological polar surface area (TPSA) is 40.6 Å². The zero-order valence-electron chi connectivity index (χ0n) is 13.7. The van der Waals surface area contributed by atoms with Crippen molar-refractivity contribution in [2.24, 2.45) is 0 Å². The highest BCUT2D eigenvalue weighted by atomic mass is 19.1. The number of halogens is 1. The molecular weight excluding hydrogens is 307 g/mol. The van der Waals surface area contributed by atoms with Crippen molar-refractivity contribution in [3.05, 3.63) is 65.5 Å². The van der Waals surface area contributed by atoms with Crippen LogP contribution in [0.2, 0.25) is 0 Å². The molecule has 5 heteroatoms. The van der Waals surface area contributed by atoms with Crippen LogP contribution in [0.3, 0.4) is 0 Å². The molecule has 1 atom stereocenters. The van der Waals surface area contributed by atoms with E-state index < -0.39 is 6.04 Å². The van der Waals surface area contributed by atoms with Crippen molar-refractivity contribution >= 4 is 17.5 Å². The molecule has 3 rings (SSSR count). The van der Waals surface area contributed by atoms with Gasteiger partial charge in [-0.2, -0.15) is 0 Å². The second-order valence-electron chi connectivity index (χ2n) is 6.01. The number of rotatable bonds is 2. The van der Waals surface area contributed by atoms with Gasteiger partial charge in [-0.25, -0.2) is 4.39 Å². The highest BCUT2D eigenvalue weighted by molar-refractivity contribution is 6.03. The summed E-state index contributed by atoms with van der Waals surface area (Å²) in [4.78, 5) is 28.4. The van der Waals surface area contributed by atoms with Gasteiger partial charge in [-0.05, 0) is 44.2 Å². The number of carbonyl (C=O) groups is 2. The first-order valence-electron chi connectivity index (χ1n) is 7.92. The van der Waals surface area contributed by atoms with E-state index in [4.69, 9.17) is 0 Å². The number of hydrogen-bond donors (Lipinski definition) is 0. The van der Waals surface area contributed by atoms with Crippen LogP contribution in [0.4, 0.5) is 10.1 Å². The first kappa shape index (κ1) is 16.2. The van der Waals surface area contributed by atoms with Gasteiger partial charge in [-0.3, -0.25) is 9.59 Å². The molecule has 0 radical (unpaired) electrons. The molecule has 1 aliphatic heterocycles. The molecule has 1 aliphatic rings. The molecule has 124 valence electrons. The Morgan fingerprint density at radius 1 is 1.12 bits per heavy atom. The molecule has 0 aromatic heterocycles. The molecule has 2 aromatic rings. The first-order valence-corrected chi connectivity index (χ1v) is 7.92. The summed E-state index contributed by atoms with van der Waals surface area (Å²) in [6.07, 6.45) is 0. The molecule has 0 aliphatic carbocycles. The molecule has 1 heterocycles. The minimum absolute atomic E-state index is 0.158. The molecule has 2 amide bonds. The Morgan fingerprint density at radius 3 is 2.50 bits per heavy atom. The predicted molar refractivity (Wildman–Crippen MR) is 90.4 cm³/mol. The molecule has 1 fully saturated rings. The van der Waals surface area contributed by atoms with Crippen molar-refractivity contribution in [2.75, 3.05) is 18.0 Å². The van der Waals surface area contributed by atoms with Crippen LogP contribution in [0.5, 0.6) is 0 Å². The molecule has 0 saturated carbocycles.